The van der Waals surface area contributed by atoms with Crippen LogP contribution < -0.4 is 5.32 Å². The van der Waals surface area contributed by atoms with Gasteiger partial charge >= 0.3 is 0 Å². The van der Waals surface area contributed by atoms with Gasteiger partial charge in [-0.15, -0.1) is 0 Å². The molecule has 0 aromatic rings. The molecule has 10 heteroatoms. The molecule has 2 rings (SSSR count). The third kappa shape index (κ3) is 4.65. The van der Waals surface area contributed by atoms with Crippen molar-refractivity contribution in [3.63, 3.8) is 0 Å². The normalized spacial score (nSPS) is 25.3. The highest BCUT2D eigenvalue weighted by Gasteiger charge is 2.47. The van der Waals surface area contributed by atoms with Gasteiger partial charge in [0.1, 0.15) is 6.04 Å². The second-order valence-electron chi connectivity index (χ2n) is 6.87. The van der Waals surface area contributed by atoms with E-state index in [1.165, 1.54) is 4.31 Å². The average molecular weight is 378 g/mol. The van der Waals surface area contributed by atoms with Crippen LogP contribution in [0.1, 0.15) is 33.1 Å². The molecular formula is C15H24F2N4O3S. The second-order valence-corrected chi connectivity index (χ2v) is 9.36. The Kier molecular flexibility index (Phi) is 6.01. The monoisotopic (exact) mass is 378 g/mol. The van der Waals surface area contributed by atoms with E-state index in [1.807, 2.05) is 0 Å². The van der Waals surface area contributed by atoms with Gasteiger partial charge in [-0.25, -0.2) is 21.5 Å². The zero-order valence-corrected chi connectivity index (χ0v) is 15.2. The Morgan fingerprint density at radius 3 is 2.48 bits per heavy atom. The van der Waals surface area contributed by atoms with Gasteiger partial charge in [0.05, 0.1) is 24.4 Å². The average Bonchev–Trinajstić information content (AvgIpc) is 2.88. The summed E-state index contributed by atoms with van der Waals surface area (Å²) in [5, 5.41) is 11.5. The summed E-state index contributed by atoms with van der Waals surface area (Å²) in [7, 11) is -3.28. The summed E-state index contributed by atoms with van der Waals surface area (Å²) in [6.45, 7) is 3.15. The Labute approximate surface area is 147 Å². The number of amides is 1. The minimum absolute atomic E-state index is 0.0498. The molecule has 0 spiro atoms. The highest BCUT2D eigenvalue weighted by molar-refractivity contribution is 7.89. The fourth-order valence-electron chi connectivity index (χ4n) is 3.14. The van der Waals surface area contributed by atoms with E-state index in [9.17, 15) is 22.0 Å². The van der Waals surface area contributed by atoms with Crippen LogP contribution in [0.15, 0.2) is 0 Å². The van der Waals surface area contributed by atoms with Crippen molar-refractivity contribution in [2.45, 2.75) is 56.4 Å². The first-order valence-electron chi connectivity index (χ1n) is 8.36. The molecule has 142 valence electrons. The number of nitrogens with zero attached hydrogens (tertiary/aromatic N) is 3. The van der Waals surface area contributed by atoms with Crippen molar-refractivity contribution in [1.82, 2.24) is 14.5 Å². The van der Waals surface area contributed by atoms with E-state index in [-0.39, 0.29) is 12.6 Å². The lowest BCUT2D eigenvalue weighted by atomic mass is 10.1. The van der Waals surface area contributed by atoms with E-state index >= 15 is 0 Å². The fraction of sp³-hybridized carbons (Fsp3) is 0.867. The van der Waals surface area contributed by atoms with Crippen LogP contribution in [-0.2, 0) is 14.8 Å². The van der Waals surface area contributed by atoms with Crippen LogP contribution in [0, 0.1) is 11.3 Å². The van der Waals surface area contributed by atoms with Gasteiger partial charge in [0.2, 0.25) is 15.9 Å². The summed E-state index contributed by atoms with van der Waals surface area (Å²) >= 11 is 0. The van der Waals surface area contributed by atoms with Crippen LogP contribution >= 0.6 is 0 Å². The molecule has 2 aliphatic heterocycles. The number of nitriles is 1. The highest BCUT2D eigenvalue weighted by Crippen LogP contribution is 2.31. The third-order valence-electron chi connectivity index (χ3n) is 4.69. The van der Waals surface area contributed by atoms with E-state index in [0.717, 1.165) is 4.90 Å². The molecular weight excluding hydrogens is 354 g/mol. The Hall–Kier alpha value is -1.31. The molecule has 2 aliphatic rings. The zero-order valence-electron chi connectivity index (χ0n) is 14.4. The summed E-state index contributed by atoms with van der Waals surface area (Å²) in [5.74, 6) is -3.55. The van der Waals surface area contributed by atoms with Gasteiger partial charge in [0, 0.05) is 25.6 Å². The number of rotatable bonds is 5. The highest BCUT2D eigenvalue weighted by atomic mass is 32.2. The minimum Gasteiger partial charge on any atom is -0.319 e. The Morgan fingerprint density at radius 2 is 1.96 bits per heavy atom. The molecule has 0 aromatic heterocycles. The van der Waals surface area contributed by atoms with Crippen LogP contribution in [0.5, 0.6) is 0 Å². The van der Waals surface area contributed by atoms with Gasteiger partial charge < -0.3 is 10.2 Å². The number of alkyl halides is 2. The number of likely N-dealkylation sites (tertiary alicyclic amines) is 1. The SMILES string of the molecule is CC(C)S(=O)(=O)N1CCC(NCC(=O)N2CC(F)(F)CC2C#N)CC1. The first-order chi connectivity index (χ1) is 11.6. The lowest BCUT2D eigenvalue weighted by Crippen LogP contribution is -2.49. The van der Waals surface area contributed by atoms with Crippen molar-refractivity contribution in [2.75, 3.05) is 26.2 Å². The van der Waals surface area contributed by atoms with Crippen LogP contribution in [0.25, 0.3) is 0 Å². The Balaban J connectivity index is 1.82. The van der Waals surface area contributed by atoms with Crippen molar-refractivity contribution < 1.29 is 22.0 Å². The number of carbonyl (C=O) groups is 1. The maximum atomic E-state index is 13.4. The van der Waals surface area contributed by atoms with Crippen molar-refractivity contribution >= 4 is 15.9 Å². The third-order valence-corrected chi connectivity index (χ3v) is 6.97. The molecule has 7 nitrogen and oxygen atoms in total. The molecule has 0 aliphatic carbocycles. The van der Waals surface area contributed by atoms with Crippen molar-refractivity contribution in [3.05, 3.63) is 0 Å². The molecule has 0 aromatic carbocycles. The van der Waals surface area contributed by atoms with Gasteiger partial charge in [-0.3, -0.25) is 4.79 Å². The molecule has 1 amide bonds. The molecule has 0 saturated carbocycles. The van der Waals surface area contributed by atoms with Crippen LogP contribution in [-0.4, -0.2) is 73.0 Å². The molecule has 2 heterocycles. The largest absolute Gasteiger partial charge is 0.319 e. The summed E-state index contributed by atoms with van der Waals surface area (Å²) in [6, 6.07) is 0.601. The summed E-state index contributed by atoms with van der Waals surface area (Å²) in [4.78, 5) is 13.1. The molecule has 1 N–H and O–H groups in total. The standard InChI is InChI=1S/C15H24F2N4O3S/c1-11(2)25(23,24)20-5-3-12(4-6-20)19-9-14(22)21-10-15(16,17)7-13(21)8-18/h11-13,19H,3-7,9-10H2,1-2H3. The van der Waals surface area contributed by atoms with Crippen molar-refractivity contribution in [2.24, 2.45) is 0 Å². The van der Waals surface area contributed by atoms with E-state index in [1.54, 1.807) is 19.9 Å². The van der Waals surface area contributed by atoms with E-state index < -0.39 is 46.1 Å². The fourth-order valence-corrected chi connectivity index (χ4v) is 4.46. The van der Waals surface area contributed by atoms with Gasteiger partial charge in [0.15, 0.2) is 0 Å². The molecule has 25 heavy (non-hydrogen) atoms. The zero-order chi connectivity index (χ0) is 18.8. The maximum Gasteiger partial charge on any atom is 0.268 e. The Bertz CT molecular complexity index is 640. The molecule has 1 unspecified atom stereocenters. The van der Waals surface area contributed by atoms with E-state index in [4.69, 9.17) is 5.26 Å². The smallest absolute Gasteiger partial charge is 0.268 e. The summed E-state index contributed by atoms with van der Waals surface area (Å²) in [6.07, 6.45) is 0.481. The molecule has 2 saturated heterocycles. The number of hydrogen-bond acceptors (Lipinski definition) is 5. The molecule has 0 bridgehead atoms. The minimum atomic E-state index is -3.28. The van der Waals surface area contributed by atoms with Crippen LogP contribution in [0.3, 0.4) is 0 Å². The Morgan fingerprint density at radius 1 is 1.36 bits per heavy atom. The predicted molar refractivity (Wildman–Crippen MR) is 87.3 cm³/mol. The molecule has 0 radical (unpaired) electrons. The number of piperidine rings is 1. The van der Waals surface area contributed by atoms with Crippen LogP contribution in [0.2, 0.25) is 0 Å². The van der Waals surface area contributed by atoms with Gasteiger partial charge in [0.25, 0.3) is 5.92 Å². The van der Waals surface area contributed by atoms with Gasteiger partial charge in [-0.2, -0.15) is 5.26 Å². The summed E-state index contributed by atoms with van der Waals surface area (Å²) in [5.41, 5.74) is 0. The lowest BCUT2D eigenvalue weighted by Gasteiger charge is -2.33. The second kappa shape index (κ2) is 7.51. The first-order valence-corrected chi connectivity index (χ1v) is 9.86. The number of nitrogens with one attached hydrogen (secondary N) is 1. The maximum absolute atomic E-state index is 13.4. The van der Waals surface area contributed by atoms with Crippen molar-refractivity contribution in [1.29, 1.82) is 5.26 Å². The summed E-state index contributed by atoms with van der Waals surface area (Å²) < 4.78 is 52.4. The quantitative estimate of drug-likeness (QED) is 0.754. The number of halogens is 2. The number of hydrogen-bond donors (Lipinski definition) is 1. The van der Waals surface area contributed by atoms with Crippen LogP contribution in [0.4, 0.5) is 8.78 Å². The van der Waals surface area contributed by atoms with Gasteiger partial charge in [-0.1, -0.05) is 0 Å². The predicted octanol–water partition coefficient (Wildman–Crippen LogP) is 0.538. The van der Waals surface area contributed by atoms with E-state index in [0.29, 0.717) is 25.9 Å². The first kappa shape index (κ1) is 20.0. The molecule has 2 fully saturated rings. The molecule has 1 atom stereocenters. The van der Waals surface area contributed by atoms with Crippen molar-refractivity contribution in [3.8, 4) is 6.07 Å². The number of sulfonamides is 1. The van der Waals surface area contributed by atoms with E-state index in [2.05, 4.69) is 5.32 Å². The topological polar surface area (TPSA) is 93.5 Å². The lowest BCUT2D eigenvalue weighted by molar-refractivity contribution is -0.131. The number of carbonyl (C=O) groups excluding carboxylic acids is 1. The van der Waals surface area contributed by atoms with Gasteiger partial charge in [-0.05, 0) is 26.7 Å².